The molecule has 0 bridgehead atoms. The van der Waals surface area contributed by atoms with Gasteiger partial charge in [0.15, 0.2) is 4.91 Å². The van der Waals surface area contributed by atoms with E-state index in [1.54, 1.807) is 6.07 Å². The number of nitrogens with zero attached hydrogens (tertiary/aromatic N) is 1. The standard InChI is InChI=1S/C16H11ClF2N2O2S/c17-12-2-5-14(6-3-12)24(22,23)15(8-20)10-21-9-11-1-4-13(18)7-16(11)19/h1-7,10,21H,9H2/b15-10+. The highest BCUT2D eigenvalue weighted by Crippen LogP contribution is 2.20. The zero-order valence-electron chi connectivity index (χ0n) is 12.1. The first-order chi connectivity index (χ1) is 11.3. The number of hydrogen-bond acceptors (Lipinski definition) is 4. The fraction of sp³-hybridized carbons (Fsp3) is 0.0625. The summed E-state index contributed by atoms with van der Waals surface area (Å²) in [5.74, 6) is -1.48. The number of allylic oxidation sites excluding steroid dienone is 1. The molecule has 0 saturated carbocycles. The lowest BCUT2D eigenvalue weighted by Crippen LogP contribution is -2.11. The fourth-order valence-corrected chi connectivity index (χ4v) is 3.06. The van der Waals surface area contributed by atoms with Crippen LogP contribution in [0.1, 0.15) is 5.56 Å². The maximum Gasteiger partial charge on any atom is 0.218 e. The van der Waals surface area contributed by atoms with Gasteiger partial charge in [0.2, 0.25) is 9.84 Å². The normalized spacial score (nSPS) is 11.8. The van der Waals surface area contributed by atoms with Crippen molar-refractivity contribution >= 4 is 21.4 Å². The summed E-state index contributed by atoms with van der Waals surface area (Å²) in [6, 6.07) is 9.97. The smallest absolute Gasteiger partial charge is 0.218 e. The lowest BCUT2D eigenvalue weighted by atomic mass is 10.2. The minimum absolute atomic E-state index is 0.0885. The van der Waals surface area contributed by atoms with E-state index in [1.165, 1.54) is 30.3 Å². The first-order valence-electron chi connectivity index (χ1n) is 6.63. The molecule has 0 amide bonds. The van der Waals surface area contributed by atoms with E-state index in [4.69, 9.17) is 16.9 Å². The van der Waals surface area contributed by atoms with Gasteiger partial charge in [0.05, 0.1) is 4.90 Å². The Balaban J connectivity index is 2.20. The second kappa shape index (κ2) is 7.43. The minimum atomic E-state index is -4.01. The Hall–Kier alpha value is -2.43. The Morgan fingerprint density at radius 1 is 1.21 bits per heavy atom. The molecule has 1 N–H and O–H groups in total. The predicted molar refractivity (Wildman–Crippen MR) is 85.5 cm³/mol. The van der Waals surface area contributed by atoms with Crippen LogP contribution in [0.25, 0.3) is 0 Å². The highest BCUT2D eigenvalue weighted by Gasteiger charge is 2.20. The number of nitriles is 1. The molecule has 2 aromatic rings. The van der Waals surface area contributed by atoms with Crippen molar-refractivity contribution in [2.45, 2.75) is 11.4 Å². The molecule has 0 radical (unpaired) electrons. The molecular weight excluding hydrogens is 358 g/mol. The van der Waals surface area contributed by atoms with Gasteiger partial charge in [-0.1, -0.05) is 17.7 Å². The summed E-state index contributed by atoms with van der Waals surface area (Å²) in [4.78, 5) is -0.623. The van der Waals surface area contributed by atoms with Crippen molar-refractivity contribution in [2.75, 3.05) is 0 Å². The van der Waals surface area contributed by atoms with Gasteiger partial charge in [-0.2, -0.15) is 5.26 Å². The summed E-state index contributed by atoms with van der Waals surface area (Å²) in [6.07, 6.45) is 0.979. The molecule has 24 heavy (non-hydrogen) atoms. The van der Waals surface area contributed by atoms with Gasteiger partial charge in [0, 0.05) is 29.4 Å². The lowest BCUT2D eigenvalue weighted by molar-refractivity contribution is 0.568. The van der Waals surface area contributed by atoms with E-state index in [0.717, 1.165) is 18.3 Å². The first kappa shape index (κ1) is 17.9. The van der Waals surface area contributed by atoms with Crippen molar-refractivity contribution in [3.63, 3.8) is 0 Å². The van der Waals surface area contributed by atoms with Crippen LogP contribution < -0.4 is 5.32 Å². The average molecular weight is 369 g/mol. The molecule has 8 heteroatoms. The van der Waals surface area contributed by atoms with Crippen LogP contribution in [-0.4, -0.2) is 8.42 Å². The fourth-order valence-electron chi connectivity index (χ4n) is 1.83. The second-order valence-electron chi connectivity index (χ2n) is 4.69. The second-order valence-corrected chi connectivity index (χ2v) is 7.05. The zero-order valence-corrected chi connectivity index (χ0v) is 13.7. The first-order valence-corrected chi connectivity index (χ1v) is 8.49. The van der Waals surface area contributed by atoms with Gasteiger partial charge < -0.3 is 5.32 Å². The van der Waals surface area contributed by atoms with Crippen molar-refractivity contribution in [2.24, 2.45) is 0 Å². The van der Waals surface area contributed by atoms with Gasteiger partial charge in [0.1, 0.15) is 17.7 Å². The number of sulfone groups is 1. The third kappa shape index (κ3) is 4.10. The highest BCUT2D eigenvalue weighted by atomic mass is 35.5. The zero-order chi connectivity index (χ0) is 17.7. The molecule has 0 aliphatic rings. The molecule has 0 aromatic heterocycles. The van der Waals surface area contributed by atoms with E-state index < -0.39 is 26.4 Å². The van der Waals surface area contributed by atoms with E-state index >= 15 is 0 Å². The number of rotatable bonds is 5. The Bertz CT molecular complexity index is 920. The average Bonchev–Trinajstić information content (AvgIpc) is 2.53. The Labute approximate surface area is 142 Å². The molecule has 0 spiro atoms. The molecule has 0 aliphatic heterocycles. The van der Waals surface area contributed by atoms with Gasteiger partial charge >= 0.3 is 0 Å². The Morgan fingerprint density at radius 2 is 1.88 bits per heavy atom. The monoisotopic (exact) mass is 368 g/mol. The molecule has 2 rings (SSSR count). The summed E-state index contributed by atoms with van der Waals surface area (Å²) in [5, 5.41) is 12.0. The lowest BCUT2D eigenvalue weighted by Gasteiger charge is -2.06. The molecule has 0 saturated heterocycles. The van der Waals surface area contributed by atoms with Crippen LogP contribution in [-0.2, 0) is 16.4 Å². The summed E-state index contributed by atoms with van der Waals surface area (Å²) in [6.45, 7) is -0.104. The van der Waals surface area contributed by atoms with Crippen LogP contribution in [0, 0.1) is 23.0 Å². The van der Waals surface area contributed by atoms with Crippen LogP contribution in [0.5, 0.6) is 0 Å². The topological polar surface area (TPSA) is 70.0 Å². The van der Waals surface area contributed by atoms with Crippen molar-refractivity contribution in [3.05, 3.63) is 75.8 Å². The number of nitrogens with one attached hydrogen (secondary N) is 1. The van der Waals surface area contributed by atoms with E-state index in [0.29, 0.717) is 5.02 Å². The molecule has 0 atom stereocenters. The van der Waals surface area contributed by atoms with Gasteiger partial charge in [-0.15, -0.1) is 0 Å². The molecule has 0 fully saturated rings. The molecule has 2 aromatic carbocycles. The Kier molecular flexibility index (Phi) is 5.54. The van der Waals surface area contributed by atoms with Crippen molar-refractivity contribution in [1.82, 2.24) is 5.32 Å². The Morgan fingerprint density at radius 3 is 2.46 bits per heavy atom. The van der Waals surface area contributed by atoms with Gasteiger partial charge in [0.25, 0.3) is 0 Å². The molecule has 124 valence electrons. The van der Waals surface area contributed by atoms with Crippen LogP contribution in [0.2, 0.25) is 5.02 Å². The summed E-state index contributed by atoms with van der Waals surface area (Å²) < 4.78 is 51.0. The molecule has 0 heterocycles. The maximum atomic E-state index is 13.5. The van der Waals surface area contributed by atoms with Crippen molar-refractivity contribution in [3.8, 4) is 6.07 Å². The van der Waals surface area contributed by atoms with E-state index in [-0.39, 0.29) is 17.0 Å². The number of hydrogen-bond donors (Lipinski definition) is 1. The van der Waals surface area contributed by atoms with E-state index in [9.17, 15) is 17.2 Å². The van der Waals surface area contributed by atoms with Crippen LogP contribution in [0.4, 0.5) is 8.78 Å². The molecule has 4 nitrogen and oxygen atoms in total. The molecule has 0 aliphatic carbocycles. The largest absolute Gasteiger partial charge is 0.385 e. The number of benzene rings is 2. The number of halogens is 3. The minimum Gasteiger partial charge on any atom is -0.385 e. The maximum absolute atomic E-state index is 13.5. The van der Waals surface area contributed by atoms with Crippen LogP contribution in [0.15, 0.2) is 58.5 Å². The van der Waals surface area contributed by atoms with E-state index in [1.807, 2.05) is 0 Å². The SMILES string of the molecule is N#C/C(=C\NCc1ccc(F)cc1F)S(=O)(=O)c1ccc(Cl)cc1. The van der Waals surface area contributed by atoms with Crippen LogP contribution in [0.3, 0.4) is 0 Å². The molecule has 0 unspecified atom stereocenters. The third-order valence-electron chi connectivity index (χ3n) is 3.06. The van der Waals surface area contributed by atoms with Crippen molar-refractivity contribution in [1.29, 1.82) is 5.26 Å². The molecular formula is C16H11ClF2N2O2S. The van der Waals surface area contributed by atoms with Gasteiger partial charge in [-0.05, 0) is 30.3 Å². The summed E-state index contributed by atoms with van der Waals surface area (Å²) >= 11 is 5.70. The third-order valence-corrected chi connectivity index (χ3v) is 5.00. The summed E-state index contributed by atoms with van der Waals surface area (Å²) in [5.41, 5.74) is 0.133. The quantitative estimate of drug-likeness (QED) is 0.819. The van der Waals surface area contributed by atoms with Gasteiger partial charge in [-0.3, -0.25) is 0 Å². The predicted octanol–water partition coefficient (Wildman–Crippen LogP) is 3.55. The van der Waals surface area contributed by atoms with E-state index in [2.05, 4.69) is 5.32 Å². The highest BCUT2D eigenvalue weighted by molar-refractivity contribution is 7.95. The van der Waals surface area contributed by atoms with Crippen LogP contribution >= 0.6 is 11.6 Å². The summed E-state index contributed by atoms with van der Waals surface area (Å²) in [7, 11) is -4.01. The van der Waals surface area contributed by atoms with Gasteiger partial charge in [-0.25, -0.2) is 17.2 Å². The van der Waals surface area contributed by atoms with Crippen molar-refractivity contribution < 1.29 is 17.2 Å².